The number of allylic oxidation sites excluding steroid dienone is 3. The van der Waals surface area contributed by atoms with Gasteiger partial charge in [0.25, 0.3) is 0 Å². The number of nitrogens with zero attached hydrogens (tertiary/aromatic N) is 1. The van der Waals surface area contributed by atoms with Crippen LogP contribution >= 0.6 is 0 Å². The molecule has 0 atom stereocenters. The Labute approximate surface area is 60.6 Å². The van der Waals surface area contributed by atoms with Crippen molar-refractivity contribution in [2.24, 2.45) is 0 Å². The highest BCUT2D eigenvalue weighted by Gasteiger charge is 2.13. The summed E-state index contributed by atoms with van der Waals surface area (Å²) in [7, 11) is 0. The van der Waals surface area contributed by atoms with Gasteiger partial charge in [-0.1, -0.05) is 6.04 Å². The molecule has 1 heteroatoms. The zero-order valence-corrected chi connectivity index (χ0v) is 5.49. The number of fused-ring (bicyclic) bond motifs is 1. The van der Waals surface area contributed by atoms with E-state index in [1.165, 1.54) is 0 Å². The van der Waals surface area contributed by atoms with Crippen LogP contribution in [-0.2, 0) is 0 Å². The summed E-state index contributed by atoms with van der Waals surface area (Å²) >= 11 is 0. The van der Waals surface area contributed by atoms with Gasteiger partial charge < -0.3 is 4.90 Å². The number of hydrogen-bond donors (Lipinski definition) is 0. The average Bonchev–Trinajstić information content (AvgIpc) is 2.34. The fourth-order valence-electron chi connectivity index (χ4n) is 1.08. The molecule has 0 unspecified atom stereocenters. The van der Waals surface area contributed by atoms with Gasteiger partial charge in [-0.05, 0) is 6.20 Å². The molecule has 0 saturated carbocycles. The Morgan fingerprint density at radius 3 is 3.00 bits per heavy atom. The normalized spacial score (nSPS) is 20.5. The molecule has 2 aliphatic heterocycles. The van der Waals surface area contributed by atoms with Crippen molar-refractivity contribution in [3.05, 3.63) is 54.9 Å². The second-order valence-corrected chi connectivity index (χ2v) is 2.25. The van der Waals surface area contributed by atoms with Crippen molar-refractivity contribution in [2.75, 3.05) is 0 Å². The summed E-state index contributed by atoms with van der Waals surface area (Å²) in [5.74, 6) is 0. The monoisotopic (exact) mass is 129 g/mol. The van der Waals surface area contributed by atoms with Crippen molar-refractivity contribution < 1.29 is 0 Å². The molecule has 0 aliphatic carbocycles. The molecule has 0 N–H and O–H groups in total. The first kappa shape index (κ1) is 5.33. The van der Waals surface area contributed by atoms with Gasteiger partial charge in [0.05, 0.1) is 0 Å². The van der Waals surface area contributed by atoms with Gasteiger partial charge in [-0.15, -0.1) is 24.3 Å². The zero-order valence-electron chi connectivity index (χ0n) is 5.49. The minimum absolute atomic E-state index is 0.788. The Morgan fingerprint density at radius 1 is 1.30 bits per heavy atom. The first-order chi connectivity index (χ1) is 4.88. The van der Waals surface area contributed by atoms with Crippen LogP contribution in [-0.4, -0.2) is 4.90 Å². The van der Waals surface area contributed by atoms with Crippen LogP contribution in [0.1, 0.15) is 0 Å². The van der Waals surface area contributed by atoms with Gasteiger partial charge >= 0.3 is 0 Å². The standard InChI is InChI=1S/C9H7N/c1-8-5-6-9-4-2-3-7-10(8)9/h1-7H. The van der Waals surface area contributed by atoms with Gasteiger partial charge in [-0.25, -0.2) is 0 Å². The third kappa shape index (κ3) is 0.584. The zero-order chi connectivity index (χ0) is 6.97. The topological polar surface area (TPSA) is 3.24 Å². The molecule has 0 aromatic carbocycles. The van der Waals surface area contributed by atoms with E-state index in [9.17, 15) is 0 Å². The summed E-state index contributed by atoms with van der Waals surface area (Å²) in [6, 6.07) is 1.14. The largest absolute Gasteiger partial charge is 0.359 e. The molecular weight excluding hydrogens is 122 g/mol. The molecule has 10 heavy (non-hydrogen) atoms. The summed E-state index contributed by atoms with van der Waals surface area (Å²) in [4.78, 5) is 1.94. The lowest BCUT2D eigenvalue weighted by molar-refractivity contribution is 0.572. The maximum Gasteiger partial charge on any atom is 0.117 e. The van der Waals surface area contributed by atoms with E-state index >= 15 is 0 Å². The smallest absolute Gasteiger partial charge is 0.117 e. The van der Waals surface area contributed by atoms with Crippen molar-refractivity contribution >= 4 is 0 Å². The van der Waals surface area contributed by atoms with Crippen LogP contribution in [0, 0.1) is 12.6 Å². The molecule has 0 saturated heterocycles. The Balaban J connectivity index is 2.34. The van der Waals surface area contributed by atoms with Gasteiger partial charge in [0, 0.05) is 6.58 Å². The molecule has 2 heterocycles. The lowest BCUT2D eigenvalue weighted by Gasteiger charge is -2.27. The first-order valence-electron chi connectivity index (χ1n) is 3.19. The number of rotatable bonds is 0. The first-order valence-corrected chi connectivity index (χ1v) is 3.19. The third-order valence-electron chi connectivity index (χ3n) is 1.59. The van der Waals surface area contributed by atoms with E-state index in [2.05, 4.69) is 0 Å². The van der Waals surface area contributed by atoms with Crippen molar-refractivity contribution in [2.45, 2.75) is 0 Å². The molecule has 1 nitrogen and oxygen atoms in total. The minimum atomic E-state index is 0.788. The van der Waals surface area contributed by atoms with Crippen LogP contribution in [0.25, 0.3) is 0 Å². The van der Waals surface area contributed by atoms with Crippen LogP contribution in [0.15, 0.2) is 42.3 Å². The van der Waals surface area contributed by atoms with Crippen LogP contribution < -0.4 is 0 Å². The fraction of sp³-hybridized carbons (Fsp3) is 0. The Morgan fingerprint density at radius 2 is 2.20 bits per heavy atom. The molecule has 0 aromatic rings. The fourth-order valence-corrected chi connectivity index (χ4v) is 1.08. The molecule has 0 aromatic heterocycles. The van der Waals surface area contributed by atoms with Crippen LogP contribution in [0.4, 0.5) is 0 Å². The highest BCUT2D eigenvalue weighted by molar-refractivity contribution is 5.42. The second-order valence-electron chi connectivity index (χ2n) is 2.25. The van der Waals surface area contributed by atoms with E-state index in [0.717, 1.165) is 11.7 Å². The average molecular weight is 129 g/mol. The Kier molecular flexibility index (Phi) is 0.938. The third-order valence-corrected chi connectivity index (χ3v) is 1.59. The summed E-state index contributed by atoms with van der Waals surface area (Å²) in [6.07, 6.45) is 11.8. The quantitative estimate of drug-likeness (QED) is 0.451. The maximum atomic E-state index is 5.64. The lowest BCUT2D eigenvalue weighted by atomic mass is 10.2. The van der Waals surface area contributed by atoms with Crippen LogP contribution in [0.3, 0.4) is 0 Å². The highest BCUT2D eigenvalue weighted by atomic mass is 15.2. The van der Waals surface area contributed by atoms with Crippen LogP contribution in [0.2, 0.25) is 0 Å². The molecule has 0 spiro atoms. The molecule has 0 fully saturated rings. The van der Waals surface area contributed by atoms with Gasteiger partial charge in [-0.2, -0.15) is 6.08 Å². The SMILES string of the molecule is [CH+]=C1C=C[C-]2C=CC=CN12. The Hall–Kier alpha value is -1.46. The predicted octanol–water partition coefficient (Wildman–Crippen LogP) is 1.79. The van der Waals surface area contributed by atoms with E-state index in [1.54, 1.807) is 0 Å². The van der Waals surface area contributed by atoms with Crippen LogP contribution in [0.5, 0.6) is 0 Å². The van der Waals surface area contributed by atoms with Gasteiger partial charge in [0.15, 0.2) is 0 Å². The van der Waals surface area contributed by atoms with E-state index in [-0.39, 0.29) is 0 Å². The van der Waals surface area contributed by atoms with Crippen molar-refractivity contribution in [1.29, 1.82) is 0 Å². The second kappa shape index (κ2) is 1.76. The van der Waals surface area contributed by atoms with E-state index in [0.29, 0.717) is 0 Å². The van der Waals surface area contributed by atoms with Crippen molar-refractivity contribution in [3.8, 4) is 0 Å². The summed E-state index contributed by atoms with van der Waals surface area (Å²) in [6.45, 7) is 5.64. The molecule has 48 valence electrons. The lowest BCUT2D eigenvalue weighted by Crippen LogP contribution is -2.14. The molecule has 0 radical (unpaired) electrons. The molecule has 2 rings (SSSR count). The molecule has 0 amide bonds. The van der Waals surface area contributed by atoms with Gasteiger partial charge in [0.2, 0.25) is 0 Å². The number of hydrogen-bond acceptors (Lipinski definition) is 1. The summed E-state index contributed by atoms with van der Waals surface area (Å²) in [5.41, 5.74) is 0.788. The highest BCUT2D eigenvalue weighted by Crippen LogP contribution is 2.27. The Bertz CT molecular complexity index is 243. The van der Waals surface area contributed by atoms with Gasteiger partial charge in [-0.3, -0.25) is 0 Å². The summed E-state index contributed by atoms with van der Waals surface area (Å²) in [5, 5.41) is 0. The van der Waals surface area contributed by atoms with E-state index < -0.39 is 0 Å². The van der Waals surface area contributed by atoms with Crippen molar-refractivity contribution in [3.63, 3.8) is 0 Å². The van der Waals surface area contributed by atoms with Gasteiger partial charge in [0.1, 0.15) is 5.70 Å². The van der Waals surface area contributed by atoms with E-state index in [1.807, 2.05) is 41.5 Å². The molecule has 0 bridgehead atoms. The van der Waals surface area contributed by atoms with E-state index in [4.69, 9.17) is 6.58 Å². The molecule has 2 aliphatic rings. The summed E-state index contributed by atoms with van der Waals surface area (Å²) < 4.78 is 0. The predicted molar refractivity (Wildman–Crippen MR) is 40.3 cm³/mol. The minimum Gasteiger partial charge on any atom is -0.359 e. The maximum absolute atomic E-state index is 5.64. The molecular formula is C9H7N. The van der Waals surface area contributed by atoms with Crippen molar-refractivity contribution in [1.82, 2.24) is 4.90 Å².